The predicted molar refractivity (Wildman–Crippen MR) is 116 cm³/mol. The van der Waals surface area contributed by atoms with Crippen LogP contribution in [-0.2, 0) is 21.4 Å². The SMILES string of the molecule is Cc1ccc(CN(CC(=O)N2CC[NH+](C)CC2)S(=O)(=O)c2ccc(Br)cc2)cc1. The van der Waals surface area contributed by atoms with Gasteiger partial charge in [0.2, 0.25) is 15.9 Å². The van der Waals surface area contributed by atoms with Crippen molar-refractivity contribution in [3.05, 3.63) is 64.1 Å². The van der Waals surface area contributed by atoms with Crippen molar-refractivity contribution in [1.29, 1.82) is 0 Å². The second kappa shape index (κ2) is 9.38. The van der Waals surface area contributed by atoms with Crippen molar-refractivity contribution in [3.63, 3.8) is 0 Å². The van der Waals surface area contributed by atoms with Gasteiger partial charge in [0.05, 0.1) is 44.7 Å². The maximum atomic E-state index is 13.3. The van der Waals surface area contributed by atoms with Gasteiger partial charge in [0, 0.05) is 11.0 Å². The Morgan fingerprint density at radius 2 is 1.66 bits per heavy atom. The highest BCUT2D eigenvalue weighted by Gasteiger charge is 2.30. The van der Waals surface area contributed by atoms with E-state index in [2.05, 4.69) is 23.0 Å². The molecular formula is C21H27BrN3O3S+. The van der Waals surface area contributed by atoms with E-state index in [0.717, 1.165) is 28.7 Å². The maximum Gasteiger partial charge on any atom is 0.243 e. The largest absolute Gasteiger partial charge is 0.334 e. The molecule has 6 nitrogen and oxygen atoms in total. The zero-order chi connectivity index (χ0) is 21.0. The summed E-state index contributed by atoms with van der Waals surface area (Å²) in [5.41, 5.74) is 1.96. The summed E-state index contributed by atoms with van der Waals surface area (Å²) in [6.45, 7) is 5.04. The number of piperazine rings is 1. The highest BCUT2D eigenvalue weighted by Crippen LogP contribution is 2.21. The lowest BCUT2D eigenvalue weighted by Gasteiger charge is -2.32. The Morgan fingerprint density at radius 1 is 1.07 bits per heavy atom. The molecule has 2 aromatic rings. The Balaban J connectivity index is 1.85. The first-order valence-corrected chi connectivity index (χ1v) is 11.9. The third-order valence-corrected chi connectivity index (χ3v) is 7.55. The molecule has 0 aromatic heterocycles. The van der Waals surface area contributed by atoms with Crippen LogP contribution in [0.1, 0.15) is 11.1 Å². The first kappa shape index (κ1) is 22.0. The predicted octanol–water partition coefficient (Wildman–Crippen LogP) is 1.31. The molecule has 0 unspecified atom stereocenters. The molecule has 1 saturated heterocycles. The lowest BCUT2D eigenvalue weighted by atomic mass is 10.1. The summed E-state index contributed by atoms with van der Waals surface area (Å²) in [4.78, 5) is 16.2. The topological polar surface area (TPSA) is 62.1 Å². The minimum atomic E-state index is -3.81. The van der Waals surface area contributed by atoms with E-state index >= 15 is 0 Å². The summed E-state index contributed by atoms with van der Waals surface area (Å²) >= 11 is 3.34. The Labute approximate surface area is 181 Å². The van der Waals surface area contributed by atoms with Crippen LogP contribution in [0.2, 0.25) is 0 Å². The van der Waals surface area contributed by atoms with Crippen LogP contribution in [0.3, 0.4) is 0 Å². The molecule has 2 aromatic carbocycles. The number of carbonyl (C=O) groups excluding carboxylic acids is 1. The van der Waals surface area contributed by atoms with Gasteiger partial charge in [-0.25, -0.2) is 8.42 Å². The molecule has 1 aliphatic heterocycles. The number of hydrogen-bond donors (Lipinski definition) is 1. The Hall–Kier alpha value is -1.74. The van der Waals surface area contributed by atoms with E-state index in [1.54, 1.807) is 29.2 Å². The van der Waals surface area contributed by atoms with Crippen LogP contribution in [0, 0.1) is 6.92 Å². The first-order chi connectivity index (χ1) is 13.8. The molecule has 0 bridgehead atoms. The van der Waals surface area contributed by atoms with Crippen LogP contribution in [0.4, 0.5) is 0 Å². The second-order valence-corrected chi connectivity index (χ2v) is 10.4. The zero-order valence-electron chi connectivity index (χ0n) is 16.8. The number of amides is 1. The number of hydrogen-bond acceptors (Lipinski definition) is 3. The number of likely N-dealkylation sites (N-methyl/N-ethyl adjacent to an activating group) is 1. The van der Waals surface area contributed by atoms with Crippen LogP contribution in [0.25, 0.3) is 0 Å². The first-order valence-electron chi connectivity index (χ1n) is 9.66. The van der Waals surface area contributed by atoms with Gasteiger partial charge in [0.1, 0.15) is 0 Å². The van der Waals surface area contributed by atoms with E-state index in [9.17, 15) is 13.2 Å². The van der Waals surface area contributed by atoms with Crippen molar-refractivity contribution in [2.24, 2.45) is 0 Å². The minimum Gasteiger partial charge on any atom is -0.334 e. The van der Waals surface area contributed by atoms with Gasteiger partial charge in [-0.15, -0.1) is 0 Å². The van der Waals surface area contributed by atoms with Crippen LogP contribution in [0.5, 0.6) is 0 Å². The fraction of sp³-hybridized carbons (Fsp3) is 0.381. The second-order valence-electron chi connectivity index (χ2n) is 7.55. The molecule has 1 aliphatic rings. The number of benzene rings is 2. The van der Waals surface area contributed by atoms with Crippen LogP contribution in [-0.4, -0.2) is 63.3 Å². The summed E-state index contributed by atoms with van der Waals surface area (Å²) < 4.78 is 28.7. The average Bonchev–Trinajstić information content (AvgIpc) is 2.70. The number of quaternary nitrogens is 1. The Kier molecular flexibility index (Phi) is 7.10. The van der Waals surface area contributed by atoms with Crippen LogP contribution >= 0.6 is 15.9 Å². The third kappa shape index (κ3) is 5.66. The molecule has 3 rings (SSSR count). The summed E-state index contributed by atoms with van der Waals surface area (Å²) in [5.74, 6) is -0.148. The van der Waals surface area contributed by atoms with Crippen LogP contribution < -0.4 is 4.90 Å². The van der Waals surface area contributed by atoms with E-state index in [1.807, 2.05) is 31.2 Å². The summed E-state index contributed by atoms with van der Waals surface area (Å²) in [6, 6.07) is 14.2. The van der Waals surface area contributed by atoms with Gasteiger partial charge >= 0.3 is 0 Å². The van der Waals surface area contributed by atoms with Gasteiger partial charge in [-0.1, -0.05) is 45.8 Å². The van der Waals surface area contributed by atoms with Gasteiger partial charge in [-0.3, -0.25) is 4.79 Å². The Bertz CT molecular complexity index is 938. The standard InChI is InChI=1S/C21H26BrN3O3S/c1-17-3-5-18(6-4-17)15-25(16-21(26)24-13-11-23(2)12-14-24)29(27,28)20-9-7-19(22)8-10-20/h3-10H,11-16H2,1-2H3/p+1. The molecule has 1 heterocycles. The maximum absolute atomic E-state index is 13.3. The molecule has 0 radical (unpaired) electrons. The average molecular weight is 481 g/mol. The smallest absolute Gasteiger partial charge is 0.243 e. The van der Waals surface area contributed by atoms with Crippen molar-refractivity contribution in [1.82, 2.24) is 9.21 Å². The number of nitrogens with one attached hydrogen (secondary N) is 1. The fourth-order valence-corrected chi connectivity index (χ4v) is 4.91. The molecule has 0 aliphatic carbocycles. The lowest BCUT2D eigenvalue weighted by Crippen LogP contribution is -3.12. The van der Waals surface area contributed by atoms with E-state index in [0.29, 0.717) is 13.1 Å². The van der Waals surface area contributed by atoms with E-state index < -0.39 is 10.0 Å². The lowest BCUT2D eigenvalue weighted by molar-refractivity contribution is -0.883. The number of rotatable bonds is 6. The third-order valence-electron chi connectivity index (χ3n) is 5.21. The molecule has 1 amide bonds. The van der Waals surface area contributed by atoms with Gasteiger partial charge < -0.3 is 9.80 Å². The van der Waals surface area contributed by atoms with Crippen molar-refractivity contribution in [2.75, 3.05) is 39.8 Å². The van der Waals surface area contributed by atoms with Crippen molar-refractivity contribution in [3.8, 4) is 0 Å². The molecule has 29 heavy (non-hydrogen) atoms. The van der Waals surface area contributed by atoms with Crippen LogP contribution in [0.15, 0.2) is 57.9 Å². The molecule has 1 N–H and O–H groups in total. The van der Waals surface area contributed by atoms with E-state index in [1.165, 1.54) is 9.21 Å². The minimum absolute atomic E-state index is 0.148. The number of aryl methyl sites for hydroxylation is 1. The van der Waals surface area contributed by atoms with Gasteiger partial charge in [0.25, 0.3) is 0 Å². The molecule has 156 valence electrons. The molecule has 0 spiro atoms. The summed E-state index contributed by atoms with van der Waals surface area (Å²) in [6.07, 6.45) is 0. The number of nitrogens with zero attached hydrogens (tertiary/aromatic N) is 2. The number of halogens is 1. The Morgan fingerprint density at radius 3 is 2.24 bits per heavy atom. The normalized spacial score (nSPS) is 15.7. The molecule has 8 heteroatoms. The number of sulfonamides is 1. The highest BCUT2D eigenvalue weighted by molar-refractivity contribution is 9.10. The quantitative estimate of drug-likeness (QED) is 0.677. The number of carbonyl (C=O) groups is 1. The molecule has 0 atom stereocenters. The monoisotopic (exact) mass is 480 g/mol. The zero-order valence-corrected chi connectivity index (χ0v) is 19.2. The summed E-state index contributed by atoms with van der Waals surface area (Å²) in [5, 5.41) is 0. The summed E-state index contributed by atoms with van der Waals surface area (Å²) in [7, 11) is -1.71. The molecule has 0 saturated carbocycles. The van der Waals surface area contributed by atoms with Crippen molar-refractivity contribution in [2.45, 2.75) is 18.4 Å². The van der Waals surface area contributed by atoms with E-state index in [4.69, 9.17) is 0 Å². The van der Waals surface area contributed by atoms with Crippen molar-refractivity contribution < 1.29 is 18.1 Å². The fourth-order valence-electron chi connectivity index (χ4n) is 3.27. The van der Waals surface area contributed by atoms with Gasteiger partial charge in [0.15, 0.2) is 0 Å². The van der Waals surface area contributed by atoms with Crippen molar-refractivity contribution >= 4 is 31.9 Å². The highest BCUT2D eigenvalue weighted by atomic mass is 79.9. The molecule has 1 fully saturated rings. The van der Waals surface area contributed by atoms with E-state index in [-0.39, 0.29) is 23.9 Å². The molecular weight excluding hydrogens is 454 g/mol. The van der Waals surface area contributed by atoms with Gasteiger partial charge in [-0.05, 0) is 36.8 Å². The van der Waals surface area contributed by atoms with Gasteiger partial charge in [-0.2, -0.15) is 4.31 Å².